The molecule has 18 heavy (non-hydrogen) atoms. The van der Waals surface area contributed by atoms with Crippen molar-refractivity contribution in [3.05, 3.63) is 34.3 Å². The van der Waals surface area contributed by atoms with E-state index in [0.717, 1.165) is 0 Å². The molecule has 1 N–H and O–H groups in total. The maximum absolute atomic E-state index is 3.56. The molecular weight excluding hydrogens is 288 g/mol. The van der Waals surface area contributed by atoms with Crippen LogP contribution >= 0.6 is 15.9 Å². The predicted octanol–water partition coefficient (Wildman–Crippen LogP) is 3.58. The van der Waals surface area contributed by atoms with Gasteiger partial charge in [-0.3, -0.25) is 4.90 Å². The van der Waals surface area contributed by atoms with E-state index in [1.54, 1.807) is 0 Å². The predicted molar refractivity (Wildman–Crippen MR) is 80.8 cm³/mol. The van der Waals surface area contributed by atoms with Gasteiger partial charge in [-0.05, 0) is 51.4 Å². The number of piperidine rings is 1. The number of halogens is 1. The van der Waals surface area contributed by atoms with Gasteiger partial charge in [-0.1, -0.05) is 28.1 Å². The normalized spacial score (nSPS) is 21.8. The van der Waals surface area contributed by atoms with Gasteiger partial charge in [0.2, 0.25) is 0 Å². The third-order valence-electron chi connectivity index (χ3n) is 4.38. The fraction of sp³-hybridized carbons (Fsp3) is 0.600. The van der Waals surface area contributed by atoms with Crippen LogP contribution in [0, 0.1) is 0 Å². The molecule has 1 atom stereocenters. The molecule has 0 amide bonds. The van der Waals surface area contributed by atoms with Gasteiger partial charge in [-0.2, -0.15) is 0 Å². The Labute approximate surface area is 119 Å². The summed E-state index contributed by atoms with van der Waals surface area (Å²) in [6.45, 7) is 6.98. The lowest BCUT2D eigenvalue weighted by Gasteiger charge is -2.42. The number of likely N-dealkylation sites (tertiary alicyclic amines) is 1. The quantitative estimate of drug-likeness (QED) is 0.918. The van der Waals surface area contributed by atoms with Crippen LogP contribution < -0.4 is 5.32 Å². The summed E-state index contributed by atoms with van der Waals surface area (Å²) in [6.07, 6.45) is 2.45. The van der Waals surface area contributed by atoms with E-state index in [4.69, 9.17) is 0 Å². The lowest BCUT2D eigenvalue weighted by Crippen LogP contribution is -2.50. The average molecular weight is 311 g/mol. The topological polar surface area (TPSA) is 15.3 Å². The minimum absolute atomic E-state index is 0.327. The smallest absolute Gasteiger partial charge is 0.0320 e. The first-order chi connectivity index (χ1) is 8.54. The lowest BCUT2D eigenvalue weighted by molar-refractivity contribution is 0.117. The molecule has 1 heterocycles. The Hall–Kier alpha value is -0.380. The first-order valence-corrected chi connectivity index (χ1v) is 7.52. The maximum Gasteiger partial charge on any atom is 0.0320 e. The van der Waals surface area contributed by atoms with Gasteiger partial charge >= 0.3 is 0 Å². The van der Waals surface area contributed by atoms with Gasteiger partial charge in [0.1, 0.15) is 0 Å². The molecule has 1 aromatic carbocycles. The Kier molecular flexibility index (Phi) is 4.46. The zero-order chi connectivity index (χ0) is 13.2. The molecule has 0 spiro atoms. The standard InChI is InChI=1S/C15H23BrN2/c1-12(13-5-4-6-14(16)11-13)18-9-7-15(2,17-3)8-10-18/h4-6,11-12,17H,7-10H2,1-3H3. The first kappa shape index (κ1) is 14.0. The number of hydrogen-bond donors (Lipinski definition) is 1. The van der Waals surface area contributed by atoms with Crippen molar-refractivity contribution in [2.75, 3.05) is 20.1 Å². The summed E-state index contributed by atoms with van der Waals surface area (Å²) in [6, 6.07) is 9.17. The fourth-order valence-corrected chi connectivity index (χ4v) is 3.05. The number of nitrogens with one attached hydrogen (secondary N) is 1. The fourth-order valence-electron chi connectivity index (χ4n) is 2.63. The van der Waals surface area contributed by atoms with Crippen LogP contribution in [0.1, 0.15) is 38.3 Å². The van der Waals surface area contributed by atoms with Gasteiger partial charge < -0.3 is 5.32 Å². The molecule has 0 saturated carbocycles. The highest BCUT2D eigenvalue weighted by Crippen LogP contribution is 2.29. The van der Waals surface area contributed by atoms with Crippen molar-refractivity contribution in [1.82, 2.24) is 10.2 Å². The minimum Gasteiger partial charge on any atom is -0.314 e. The second kappa shape index (κ2) is 5.72. The summed E-state index contributed by atoms with van der Waals surface area (Å²) >= 11 is 3.56. The van der Waals surface area contributed by atoms with E-state index in [0.29, 0.717) is 11.6 Å². The minimum atomic E-state index is 0.327. The molecule has 1 saturated heterocycles. The SMILES string of the molecule is CNC1(C)CCN(C(C)c2cccc(Br)c2)CC1. The molecule has 0 aromatic heterocycles. The molecule has 3 heteroatoms. The second-order valence-electron chi connectivity index (χ2n) is 5.58. The second-order valence-corrected chi connectivity index (χ2v) is 6.49. The van der Waals surface area contributed by atoms with Crippen molar-refractivity contribution >= 4 is 15.9 Å². The number of hydrogen-bond acceptors (Lipinski definition) is 2. The van der Waals surface area contributed by atoms with E-state index in [2.05, 4.69) is 71.3 Å². The molecule has 1 unspecified atom stereocenters. The van der Waals surface area contributed by atoms with Gasteiger partial charge in [0.25, 0.3) is 0 Å². The van der Waals surface area contributed by atoms with Crippen molar-refractivity contribution in [1.29, 1.82) is 0 Å². The Bertz CT molecular complexity index is 397. The Balaban J connectivity index is 2.01. The zero-order valence-electron chi connectivity index (χ0n) is 11.5. The van der Waals surface area contributed by atoms with Crippen LogP contribution in [-0.2, 0) is 0 Å². The third kappa shape index (κ3) is 3.14. The molecule has 1 aromatic rings. The van der Waals surface area contributed by atoms with Gasteiger partial charge in [0, 0.05) is 29.1 Å². The van der Waals surface area contributed by atoms with Gasteiger partial charge in [0.05, 0.1) is 0 Å². The molecular formula is C15H23BrN2. The maximum atomic E-state index is 3.56. The van der Waals surface area contributed by atoms with Crippen LogP contribution in [-0.4, -0.2) is 30.6 Å². The summed E-state index contributed by atoms with van der Waals surface area (Å²) in [5.41, 5.74) is 1.73. The summed E-state index contributed by atoms with van der Waals surface area (Å²) in [7, 11) is 2.08. The van der Waals surface area contributed by atoms with Crippen molar-refractivity contribution in [2.24, 2.45) is 0 Å². The largest absolute Gasteiger partial charge is 0.314 e. The van der Waals surface area contributed by atoms with E-state index in [1.165, 1.54) is 36.0 Å². The molecule has 100 valence electrons. The van der Waals surface area contributed by atoms with Gasteiger partial charge in [0.15, 0.2) is 0 Å². The highest BCUT2D eigenvalue weighted by molar-refractivity contribution is 9.10. The molecule has 1 aliphatic rings. The third-order valence-corrected chi connectivity index (χ3v) is 4.88. The van der Waals surface area contributed by atoms with Crippen molar-refractivity contribution < 1.29 is 0 Å². The van der Waals surface area contributed by atoms with E-state index >= 15 is 0 Å². The van der Waals surface area contributed by atoms with E-state index < -0.39 is 0 Å². The number of nitrogens with zero attached hydrogens (tertiary/aromatic N) is 1. The molecule has 1 aliphatic heterocycles. The van der Waals surface area contributed by atoms with Crippen LogP contribution in [0.4, 0.5) is 0 Å². The van der Waals surface area contributed by atoms with Crippen LogP contribution in [0.3, 0.4) is 0 Å². The van der Waals surface area contributed by atoms with Gasteiger partial charge in [-0.15, -0.1) is 0 Å². The summed E-state index contributed by atoms with van der Waals surface area (Å²) in [5, 5.41) is 3.45. The molecule has 1 fully saturated rings. The van der Waals surface area contributed by atoms with E-state index in [1.807, 2.05) is 0 Å². The Morgan fingerprint density at radius 3 is 2.56 bits per heavy atom. The summed E-state index contributed by atoms with van der Waals surface area (Å²) in [5.74, 6) is 0. The average Bonchev–Trinajstić information content (AvgIpc) is 2.39. The lowest BCUT2D eigenvalue weighted by atomic mass is 9.88. The number of benzene rings is 1. The van der Waals surface area contributed by atoms with Crippen LogP contribution in [0.15, 0.2) is 28.7 Å². The highest BCUT2D eigenvalue weighted by Gasteiger charge is 2.30. The zero-order valence-corrected chi connectivity index (χ0v) is 13.1. The Morgan fingerprint density at radius 1 is 1.33 bits per heavy atom. The van der Waals surface area contributed by atoms with Crippen LogP contribution in [0.2, 0.25) is 0 Å². The number of rotatable bonds is 3. The molecule has 2 nitrogen and oxygen atoms in total. The molecule has 2 rings (SSSR count). The van der Waals surface area contributed by atoms with Crippen molar-refractivity contribution in [3.8, 4) is 0 Å². The van der Waals surface area contributed by atoms with Crippen molar-refractivity contribution in [2.45, 2.75) is 38.3 Å². The monoisotopic (exact) mass is 310 g/mol. The molecule has 0 aliphatic carbocycles. The summed E-state index contributed by atoms with van der Waals surface area (Å²) < 4.78 is 1.17. The molecule has 0 radical (unpaired) electrons. The first-order valence-electron chi connectivity index (χ1n) is 6.72. The Morgan fingerprint density at radius 2 is 2.00 bits per heavy atom. The van der Waals surface area contributed by atoms with Crippen molar-refractivity contribution in [3.63, 3.8) is 0 Å². The molecule has 0 bridgehead atoms. The van der Waals surface area contributed by atoms with E-state index in [9.17, 15) is 0 Å². The highest BCUT2D eigenvalue weighted by atomic mass is 79.9. The van der Waals surface area contributed by atoms with Crippen LogP contribution in [0.25, 0.3) is 0 Å². The van der Waals surface area contributed by atoms with E-state index in [-0.39, 0.29) is 0 Å². The van der Waals surface area contributed by atoms with Gasteiger partial charge in [-0.25, -0.2) is 0 Å². The summed E-state index contributed by atoms with van der Waals surface area (Å²) in [4.78, 5) is 2.58. The van der Waals surface area contributed by atoms with Crippen LogP contribution in [0.5, 0.6) is 0 Å².